The molecule has 26 heavy (non-hydrogen) atoms. The van der Waals surface area contributed by atoms with E-state index in [-0.39, 0.29) is 11.6 Å². The average molecular weight is 348 g/mol. The van der Waals surface area contributed by atoms with Crippen LogP contribution in [0.25, 0.3) is 11.1 Å². The normalized spacial score (nSPS) is 10.2. The van der Waals surface area contributed by atoms with Crippen molar-refractivity contribution in [1.82, 2.24) is 0 Å². The minimum Gasteiger partial charge on any atom is -0.497 e. The van der Waals surface area contributed by atoms with E-state index in [1.54, 1.807) is 31.4 Å². The van der Waals surface area contributed by atoms with Crippen LogP contribution < -0.4 is 10.1 Å². The lowest BCUT2D eigenvalue weighted by atomic mass is 10.0. The Bertz CT molecular complexity index is 952. The van der Waals surface area contributed by atoms with Crippen molar-refractivity contribution in [1.29, 1.82) is 0 Å². The molecular weight excluding hydrogens is 332 g/mol. The van der Waals surface area contributed by atoms with Crippen molar-refractivity contribution in [2.24, 2.45) is 0 Å². The number of benzene rings is 3. The molecule has 0 bridgehead atoms. The molecule has 6 nitrogen and oxygen atoms in total. The van der Waals surface area contributed by atoms with Crippen LogP contribution in [-0.2, 0) is 0 Å². The summed E-state index contributed by atoms with van der Waals surface area (Å²) in [6.07, 6.45) is 0. The van der Waals surface area contributed by atoms with Crippen LogP contribution in [0.2, 0.25) is 0 Å². The number of anilines is 1. The molecule has 1 N–H and O–H groups in total. The lowest BCUT2D eigenvalue weighted by molar-refractivity contribution is -0.384. The van der Waals surface area contributed by atoms with Crippen molar-refractivity contribution >= 4 is 17.3 Å². The smallest absolute Gasteiger partial charge is 0.271 e. The summed E-state index contributed by atoms with van der Waals surface area (Å²) < 4.78 is 5.15. The highest BCUT2D eigenvalue weighted by atomic mass is 16.6. The van der Waals surface area contributed by atoms with Crippen molar-refractivity contribution in [3.05, 3.63) is 88.5 Å². The van der Waals surface area contributed by atoms with E-state index < -0.39 is 4.92 Å². The molecule has 0 saturated carbocycles. The summed E-state index contributed by atoms with van der Waals surface area (Å²) in [6.45, 7) is 0. The SMILES string of the molecule is COc1ccc(-c2cccc(C(=O)Nc3cccc([N+](=O)[O-])c3)c2)cc1. The van der Waals surface area contributed by atoms with Gasteiger partial charge in [0.1, 0.15) is 5.75 Å². The van der Waals surface area contributed by atoms with Gasteiger partial charge in [-0.3, -0.25) is 14.9 Å². The van der Waals surface area contributed by atoms with Crippen LogP contribution in [0.15, 0.2) is 72.8 Å². The Labute approximate surface area is 150 Å². The Balaban J connectivity index is 1.82. The highest BCUT2D eigenvalue weighted by Gasteiger charge is 2.11. The van der Waals surface area contributed by atoms with E-state index in [0.717, 1.165) is 16.9 Å². The molecule has 1 amide bonds. The second-order valence-electron chi connectivity index (χ2n) is 5.57. The quantitative estimate of drug-likeness (QED) is 0.543. The average Bonchev–Trinajstić information content (AvgIpc) is 2.68. The molecule has 0 radical (unpaired) electrons. The number of hydrogen-bond donors (Lipinski definition) is 1. The van der Waals surface area contributed by atoms with Crippen LogP contribution in [0.5, 0.6) is 5.75 Å². The predicted molar refractivity (Wildman–Crippen MR) is 99.5 cm³/mol. The molecular formula is C20H16N2O4. The second kappa shape index (κ2) is 7.48. The fourth-order valence-electron chi connectivity index (χ4n) is 2.52. The maximum absolute atomic E-state index is 12.5. The number of nitro groups is 1. The molecule has 0 aromatic heterocycles. The standard InChI is InChI=1S/C20H16N2O4/c1-26-19-10-8-14(9-11-19)15-4-2-5-16(12-15)20(23)21-17-6-3-7-18(13-17)22(24)25/h2-13H,1H3,(H,21,23). The zero-order valence-electron chi connectivity index (χ0n) is 14.0. The number of amides is 1. The number of rotatable bonds is 5. The largest absolute Gasteiger partial charge is 0.497 e. The van der Waals surface area contributed by atoms with Gasteiger partial charge in [-0.15, -0.1) is 0 Å². The maximum atomic E-state index is 12.5. The Hall–Kier alpha value is -3.67. The number of hydrogen-bond acceptors (Lipinski definition) is 4. The lowest BCUT2D eigenvalue weighted by Crippen LogP contribution is -2.12. The highest BCUT2D eigenvalue weighted by Crippen LogP contribution is 2.24. The number of non-ortho nitro benzene ring substituents is 1. The van der Waals surface area contributed by atoms with E-state index in [9.17, 15) is 14.9 Å². The van der Waals surface area contributed by atoms with Crippen LogP contribution in [0.1, 0.15) is 10.4 Å². The third-order valence-corrected chi connectivity index (χ3v) is 3.86. The van der Waals surface area contributed by atoms with Crippen molar-refractivity contribution in [3.8, 4) is 16.9 Å². The molecule has 0 spiro atoms. The minimum absolute atomic E-state index is 0.0743. The van der Waals surface area contributed by atoms with Gasteiger partial charge in [-0.2, -0.15) is 0 Å². The van der Waals surface area contributed by atoms with Crippen LogP contribution in [0, 0.1) is 10.1 Å². The number of nitro benzene ring substituents is 1. The molecule has 3 rings (SSSR count). The first-order valence-electron chi connectivity index (χ1n) is 7.87. The second-order valence-corrected chi connectivity index (χ2v) is 5.57. The topological polar surface area (TPSA) is 81.5 Å². The van der Waals surface area contributed by atoms with Gasteiger partial charge >= 0.3 is 0 Å². The van der Waals surface area contributed by atoms with Gasteiger partial charge < -0.3 is 10.1 Å². The van der Waals surface area contributed by atoms with Crippen molar-refractivity contribution in [2.75, 3.05) is 12.4 Å². The zero-order chi connectivity index (χ0) is 18.5. The molecule has 3 aromatic carbocycles. The van der Waals surface area contributed by atoms with Crippen molar-refractivity contribution < 1.29 is 14.5 Å². The first-order valence-corrected chi connectivity index (χ1v) is 7.87. The third kappa shape index (κ3) is 3.87. The maximum Gasteiger partial charge on any atom is 0.271 e. The number of nitrogens with one attached hydrogen (secondary N) is 1. The third-order valence-electron chi connectivity index (χ3n) is 3.86. The number of carbonyl (C=O) groups is 1. The van der Waals surface area contributed by atoms with Crippen molar-refractivity contribution in [2.45, 2.75) is 0 Å². The van der Waals surface area contributed by atoms with Gasteiger partial charge in [0.15, 0.2) is 0 Å². The molecule has 0 atom stereocenters. The van der Waals surface area contributed by atoms with Gasteiger partial charge in [0.05, 0.1) is 12.0 Å². The van der Waals surface area contributed by atoms with Crippen LogP contribution in [0.3, 0.4) is 0 Å². The Morgan fingerprint density at radius 2 is 1.69 bits per heavy atom. The molecule has 3 aromatic rings. The van der Waals surface area contributed by atoms with Crippen molar-refractivity contribution in [3.63, 3.8) is 0 Å². The Morgan fingerprint density at radius 1 is 0.962 bits per heavy atom. The summed E-state index contributed by atoms with van der Waals surface area (Å²) in [5.41, 5.74) is 2.61. The molecule has 0 saturated heterocycles. The molecule has 0 aliphatic rings. The molecule has 0 fully saturated rings. The monoisotopic (exact) mass is 348 g/mol. The van der Waals surface area contributed by atoms with E-state index in [2.05, 4.69) is 5.32 Å². The summed E-state index contributed by atoms with van der Waals surface area (Å²) in [5.74, 6) is 0.425. The van der Waals surface area contributed by atoms with Gasteiger partial charge in [-0.1, -0.05) is 30.3 Å². The zero-order valence-corrected chi connectivity index (χ0v) is 14.0. The first kappa shape index (κ1) is 17.2. The van der Waals surface area contributed by atoms with Gasteiger partial charge in [0, 0.05) is 23.4 Å². The number of ether oxygens (including phenoxy) is 1. The van der Waals surface area contributed by atoms with E-state index in [1.165, 1.54) is 18.2 Å². The van der Waals surface area contributed by atoms with Crippen LogP contribution >= 0.6 is 0 Å². The molecule has 0 heterocycles. The van der Waals surface area contributed by atoms with Gasteiger partial charge in [0.25, 0.3) is 11.6 Å². The molecule has 130 valence electrons. The summed E-state index contributed by atoms with van der Waals surface area (Å²) >= 11 is 0. The summed E-state index contributed by atoms with van der Waals surface area (Å²) in [5, 5.41) is 13.5. The first-order chi connectivity index (χ1) is 12.6. The molecule has 0 unspecified atom stereocenters. The summed E-state index contributed by atoms with van der Waals surface area (Å²) in [6, 6.07) is 20.5. The van der Waals surface area contributed by atoms with Gasteiger partial charge in [-0.05, 0) is 41.5 Å². The van der Waals surface area contributed by atoms with Crippen LogP contribution in [0.4, 0.5) is 11.4 Å². The number of methoxy groups -OCH3 is 1. The van der Waals surface area contributed by atoms with Gasteiger partial charge in [-0.25, -0.2) is 0 Å². The molecule has 6 heteroatoms. The summed E-state index contributed by atoms with van der Waals surface area (Å²) in [4.78, 5) is 22.8. The fraction of sp³-hybridized carbons (Fsp3) is 0.0500. The van der Waals surface area contributed by atoms with Crippen LogP contribution in [-0.4, -0.2) is 17.9 Å². The van der Waals surface area contributed by atoms with E-state index in [1.807, 2.05) is 30.3 Å². The fourth-order valence-corrected chi connectivity index (χ4v) is 2.52. The highest BCUT2D eigenvalue weighted by molar-refractivity contribution is 6.05. The summed E-state index contributed by atoms with van der Waals surface area (Å²) in [7, 11) is 1.61. The number of nitrogens with zero attached hydrogens (tertiary/aromatic N) is 1. The van der Waals surface area contributed by atoms with Gasteiger partial charge in [0.2, 0.25) is 0 Å². The minimum atomic E-state index is -0.500. The Morgan fingerprint density at radius 3 is 2.38 bits per heavy atom. The molecule has 0 aliphatic carbocycles. The van der Waals surface area contributed by atoms with E-state index in [0.29, 0.717) is 11.3 Å². The lowest BCUT2D eigenvalue weighted by Gasteiger charge is -2.08. The molecule has 0 aliphatic heterocycles. The predicted octanol–water partition coefficient (Wildman–Crippen LogP) is 4.52. The van der Waals surface area contributed by atoms with E-state index >= 15 is 0 Å². The van der Waals surface area contributed by atoms with E-state index in [4.69, 9.17) is 4.74 Å². The Kier molecular flexibility index (Phi) is 4.94. The number of carbonyl (C=O) groups excluding carboxylic acids is 1.